The number of carbonyl (C=O) groups is 3. The normalized spacial score (nSPS) is 16.1. The number of esters is 1. The highest BCUT2D eigenvalue weighted by Gasteiger charge is 2.30. The molecule has 40 heavy (non-hydrogen) atoms. The van der Waals surface area contributed by atoms with Crippen molar-refractivity contribution in [2.45, 2.75) is 32.1 Å². The Morgan fingerprint density at radius 2 is 1.77 bits per heavy atom. The van der Waals surface area contributed by atoms with E-state index < -0.39 is 52.3 Å². The van der Waals surface area contributed by atoms with E-state index in [9.17, 15) is 34.2 Å². The molecule has 0 spiro atoms. The van der Waals surface area contributed by atoms with E-state index in [1.54, 1.807) is 15.5 Å². The van der Waals surface area contributed by atoms with Gasteiger partial charge in [0.2, 0.25) is 17.1 Å². The van der Waals surface area contributed by atoms with Crippen LogP contribution in [0.2, 0.25) is 0 Å². The van der Waals surface area contributed by atoms with Crippen molar-refractivity contribution in [3.63, 3.8) is 0 Å². The molecule has 1 unspecified atom stereocenters. The number of hydrogen-bond acceptors (Lipinski definition) is 9. The quantitative estimate of drug-likeness (QED) is 0.301. The second kappa shape index (κ2) is 10.4. The van der Waals surface area contributed by atoms with E-state index in [0.29, 0.717) is 5.52 Å². The molecule has 2 aromatic heterocycles. The molecule has 3 aromatic rings. The predicted molar refractivity (Wildman–Crippen MR) is 137 cm³/mol. The van der Waals surface area contributed by atoms with Crippen LogP contribution in [0.25, 0.3) is 10.9 Å². The van der Waals surface area contributed by atoms with Crippen LogP contribution >= 0.6 is 0 Å². The molecule has 1 atom stereocenters. The number of rotatable bonds is 6. The van der Waals surface area contributed by atoms with Crippen LogP contribution in [0.15, 0.2) is 40.2 Å². The molecule has 1 aliphatic carbocycles. The number of benzene rings is 1. The van der Waals surface area contributed by atoms with Gasteiger partial charge in [0.1, 0.15) is 17.1 Å². The van der Waals surface area contributed by atoms with Gasteiger partial charge in [-0.25, -0.2) is 18.8 Å². The molecule has 1 saturated heterocycles. The standard InChI is InChI=1S/C26H25FN4O9/c1-13(39-25(37)18-9-21(32)22(33)11-28-18)40-26(38)30-6-4-29(5-7-30)20-10-19-15(8-17(20)27)23(34)16(24(35)36)12-31(19)14-2-3-14/h8-14,33H,2-7H2,1H3,(H,28,32)(H,35,36). The molecular weight excluding hydrogens is 531 g/mol. The number of carboxylic acid groups (broad SMARTS) is 1. The third-order valence-corrected chi connectivity index (χ3v) is 6.80. The number of piperazine rings is 1. The zero-order valence-corrected chi connectivity index (χ0v) is 21.3. The van der Waals surface area contributed by atoms with Gasteiger partial charge in [-0.1, -0.05) is 0 Å². The van der Waals surface area contributed by atoms with Gasteiger partial charge in [-0.15, -0.1) is 0 Å². The van der Waals surface area contributed by atoms with Gasteiger partial charge in [0.25, 0.3) is 0 Å². The first-order chi connectivity index (χ1) is 19.0. The second-order valence-electron chi connectivity index (χ2n) is 9.56. The Bertz CT molecular complexity index is 1640. The number of nitrogens with one attached hydrogen (secondary N) is 1. The van der Waals surface area contributed by atoms with Crippen LogP contribution in [0.5, 0.6) is 5.75 Å². The van der Waals surface area contributed by atoms with E-state index in [1.807, 2.05) is 0 Å². The van der Waals surface area contributed by atoms with Gasteiger partial charge in [0.05, 0.1) is 11.2 Å². The lowest BCUT2D eigenvalue weighted by Crippen LogP contribution is -2.49. The van der Waals surface area contributed by atoms with Crippen molar-refractivity contribution < 1.29 is 38.5 Å². The Morgan fingerprint density at radius 3 is 2.40 bits per heavy atom. The molecule has 5 rings (SSSR count). The summed E-state index contributed by atoms with van der Waals surface area (Å²) in [6.07, 6.45) is 1.85. The highest BCUT2D eigenvalue weighted by Crippen LogP contribution is 2.38. The van der Waals surface area contributed by atoms with Crippen LogP contribution in [-0.4, -0.2) is 75.2 Å². The summed E-state index contributed by atoms with van der Waals surface area (Å²) in [5, 5.41) is 18.7. The summed E-state index contributed by atoms with van der Waals surface area (Å²) in [7, 11) is 0. The number of carbonyl (C=O) groups excluding carboxylic acids is 2. The maximum absolute atomic E-state index is 15.2. The van der Waals surface area contributed by atoms with E-state index in [-0.39, 0.29) is 49.0 Å². The Morgan fingerprint density at radius 1 is 1.07 bits per heavy atom. The smallest absolute Gasteiger partial charge is 0.412 e. The molecule has 2 aliphatic rings. The SMILES string of the molecule is CC(OC(=O)c1cc(=O)c(O)c[nH]1)OC(=O)N1CCN(c2cc3c(cc2F)c(=O)c(C(=O)O)cn3C2CC2)CC1. The Kier molecular flexibility index (Phi) is 6.92. The summed E-state index contributed by atoms with van der Waals surface area (Å²) < 4.78 is 27.1. The summed E-state index contributed by atoms with van der Waals surface area (Å²) in [6, 6.07) is 3.50. The number of anilines is 1. The van der Waals surface area contributed by atoms with Gasteiger partial charge in [0.15, 0.2) is 5.75 Å². The van der Waals surface area contributed by atoms with Crippen LogP contribution in [0.4, 0.5) is 14.9 Å². The lowest BCUT2D eigenvalue weighted by atomic mass is 10.1. The molecule has 210 valence electrons. The lowest BCUT2D eigenvalue weighted by Gasteiger charge is -2.36. The number of carboxylic acids is 1. The van der Waals surface area contributed by atoms with Gasteiger partial charge in [-0.05, 0) is 25.0 Å². The van der Waals surface area contributed by atoms with Crippen molar-refractivity contribution in [2.75, 3.05) is 31.1 Å². The third kappa shape index (κ3) is 5.19. The van der Waals surface area contributed by atoms with Crippen molar-refractivity contribution >= 4 is 34.6 Å². The van der Waals surface area contributed by atoms with Crippen LogP contribution in [0, 0.1) is 5.82 Å². The molecule has 1 saturated carbocycles. The van der Waals surface area contributed by atoms with E-state index in [0.717, 1.165) is 31.2 Å². The molecule has 14 heteroatoms. The monoisotopic (exact) mass is 556 g/mol. The molecular formula is C26H25FN4O9. The number of fused-ring (bicyclic) bond motifs is 1. The van der Waals surface area contributed by atoms with Crippen LogP contribution < -0.4 is 15.8 Å². The number of aromatic hydroxyl groups is 1. The van der Waals surface area contributed by atoms with Crippen molar-refractivity contribution in [2.24, 2.45) is 0 Å². The summed E-state index contributed by atoms with van der Waals surface area (Å²) in [5.41, 5.74) is -1.50. The number of aromatic nitrogens is 2. The summed E-state index contributed by atoms with van der Waals surface area (Å²) in [4.78, 5) is 66.0. The van der Waals surface area contributed by atoms with Gasteiger partial charge in [-0.2, -0.15) is 0 Å². The number of H-pyrrole nitrogens is 1. The zero-order chi connectivity index (χ0) is 28.7. The minimum atomic E-state index is -1.37. The number of amides is 1. The largest absolute Gasteiger partial charge is 0.503 e. The van der Waals surface area contributed by atoms with E-state index in [2.05, 4.69) is 4.98 Å². The summed E-state index contributed by atoms with van der Waals surface area (Å²) in [6.45, 7) is 2.12. The van der Waals surface area contributed by atoms with Gasteiger partial charge in [0, 0.05) is 63.0 Å². The fraction of sp³-hybridized carbons (Fsp3) is 0.346. The van der Waals surface area contributed by atoms with E-state index in [4.69, 9.17) is 9.47 Å². The first kappa shape index (κ1) is 26.7. The maximum Gasteiger partial charge on any atom is 0.412 e. The topological polar surface area (TPSA) is 171 Å². The third-order valence-electron chi connectivity index (χ3n) is 6.80. The van der Waals surface area contributed by atoms with Crippen LogP contribution in [0.1, 0.15) is 46.7 Å². The minimum absolute atomic E-state index is 0.00446. The zero-order valence-electron chi connectivity index (χ0n) is 21.3. The second-order valence-corrected chi connectivity index (χ2v) is 9.56. The Labute approximate surface area is 224 Å². The fourth-order valence-electron chi connectivity index (χ4n) is 4.57. The molecule has 2 fully saturated rings. The molecule has 3 heterocycles. The number of aromatic amines is 1. The number of halogens is 1. The number of aromatic carboxylic acids is 1. The van der Waals surface area contributed by atoms with Gasteiger partial charge in [-0.3, -0.25) is 9.59 Å². The molecule has 13 nitrogen and oxygen atoms in total. The Hall–Kier alpha value is -4.88. The number of nitrogens with zero attached hydrogens (tertiary/aromatic N) is 3. The van der Waals surface area contributed by atoms with Crippen LogP contribution in [0.3, 0.4) is 0 Å². The molecule has 0 bridgehead atoms. The minimum Gasteiger partial charge on any atom is -0.503 e. The van der Waals surface area contributed by atoms with E-state index in [1.165, 1.54) is 18.0 Å². The van der Waals surface area contributed by atoms with Crippen molar-refractivity contribution in [1.82, 2.24) is 14.5 Å². The molecule has 1 amide bonds. The molecule has 1 aliphatic heterocycles. The van der Waals surface area contributed by atoms with Crippen LogP contribution in [-0.2, 0) is 9.47 Å². The van der Waals surface area contributed by atoms with Crippen molar-refractivity contribution in [3.05, 3.63) is 68.1 Å². The predicted octanol–water partition coefficient (Wildman–Crippen LogP) is 2.03. The highest BCUT2D eigenvalue weighted by molar-refractivity contribution is 5.93. The first-order valence-corrected chi connectivity index (χ1v) is 12.5. The maximum atomic E-state index is 15.2. The number of pyridine rings is 2. The Balaban J connectivity index is 1.25. The van der Waals surface area contributed by atoms with E-state index >= 15 is 4.39 Å². The summed E-state index contributed by atoms with van der Waals surface area (Å²) in [5.74, 6) is -3.58. The average Bonchev–Trinajstić information content (AvgIpc) is 3.75. The average molecular weight is 557 g/mol. The number of hydrogen-bond donors (Lipinski definition) is 3. The highest BCUT2D eigenvalue weighted by atomic mass is 19.1. The van der Waals surface area contributed by atoms with Gasteiger partial charge >= 0.3 is 18.0 Å². The lowest BCUT2D eigenvalue weighted by molar-refractivity contribution is -0.0698. The van der Waals surface area contributed by atoms with Crippen molar-refractivity contribution in [1.29, 1.82) is 0 Å². The molecule has 0 radical (unpaired) electrons. The fourth-order valence-corrected chi connectivity index (χ4v) is 4.57. The van der Waals surface area contributed by atoms with Gasteiger partial charge < -0.3 is 39.0 Å². The number of ether oxygens (including phenoxy) is 2. The van der Waals surface area contributed by atoms with Crippen molar-refractivity contribution in [3.8, 4) is 5.75 Å². The molecule has 3 N–H and O–H groups in total. The molecule has 1 aromatic carbocycles. The first-order valence-electron chi connectivity index (χ1n) is 12.5. The summed E-state index contributed by atoms with van der Waals surface area (Å²) >= 11 is 0.